The molecule has 0 spiro atoms. The molecular weight excluding hydrogens is 336 g/mol. The molecule has 6 heteroatoms. The number of carboxylic acid groups (broad SMARTS) is 1. The predicted molar refractivity (Wildman–Crippen MR) is 84.0 cm³/mol. The van der Waals surface area contributed by atoms with Gasteiger partial charge in [0.05, 0.1) is 11.5 Å². The van der Waals surface area contributed by atoms with E-state index in [1.807, 2.05) is 0 Å². The fourth-order valence-corrected chi connectivity index (χ4v) is 3.14. The van der Waals surface area contributed by atoms with Gasteiger partial charge in [-0.1, -0.05) is 35.2 Å². The zero-order valence-corrected chi connectivity index (χ0v) is 13.2. The molecule has 1 aliphatic rings. The van der Waals surface area contributed by atoms with Crippen LogP contribution in [0.1, 0.15) is 42.5 Å². The summed E-state index contributed by atoms with van der Waals surface area (Å²) in [7, 11) is 0. The standard InChI is InChI=1S/C15H19BrN2O3/c16-9-6-7-10(12(17)8-9)14(19)18-13-5-3-1-2-4-11(13)15(20)21/h6-8,11,13H,1-5,17H2,(H,18,19)(H,20,21). The molecule has 1 aliphatic carbocycles. The number of carbonyl (C=O) groups excluding carboxylic acids is 1. The highest BCUT2D eigenvalue weighted by Gasteiger charge is 2.31. The van der Waals surface area contributed by atoms with Crippen molar-refractivity contribution in [1.82, 2.24) is 5.32 Å². The average molecular weight is 355 g/mol. The molecule has 1 amide bonds. The SMILES string of the molecule is Nc1cc(Br)ccc1C(=O)NC1CCCCCC1C(=O)O. The number of hydrogen-bond acceptors (Lipinski definition) is 3. The second kappa shape index (κ2) is 6.93. The Kier molecular flexibility index (Phi) is 5.22. The van der Waals surface area contributed by atoms with E-state index in [0.717, 1.165) is 23.7 Å². The van der Waals surface area contributed by atoms with Crippen LogP contribution in [0.2, 0.25) is 0 Å². The van der Waals surface area contributed by atoms with Gasteiger partial charge >= 0.3 is 5.97 Å². The molecular formula is C15H19BrN2O3. The smallest absolute Gasteiger partial charge is 0.308 e. The molecule has 5 nitrogen and oxygen atoms in total. The van der Waals surface area contributed by atoms with Gasteiger partial charge in [0.2, 0.25) is 0 Å². The lowest BCUT2D eigenvalue weighted by molar-refractivity contribution is -0.142. The van der Waals surface area contributed by atoms with E-state index in [1.165, 1.54) is 0 Å². The molecule has 1 fully saturated rings. The zero-order chi connectivity index (χ0) is 15.4. The monoisotopic (exact) mass is 354 g/mol. The van der Waals surface area contributed by atoms with Crippen LogP contribution in [0.25, 0.3) is 0 Å². The molecule has 0 bridgehead atoms. The van der Waals surface area contributed by atoms with Crippen LogP contribution in [0.5, 0.6) is 0 Å². The van der Waals surface area contributed by atoms with Gasteiger partial charge in [0.15, 0.2) is 0 Å². The topological polar surface area (TPSA) is 92.4 Å². The normalized spacial score (nSPS) is 22.3. The summed E-state index contributed by atoms with van der Waals surface area (Å²) in [5, 5.41) is 12.2. The minimum absolute atomic E-state index is 0.307. The molecule has 0 aromatic heterocycles. The number of aliphatic carboxylic acids is 1. The second-order valence-corrected chi connectivity index (χ2v) is 6.31. The van der Waals surface area contributed by atoms with Gasteiger partial charge in [-0.15, -0.1) is 0 Å². The van der Waals surface area contributed by atoms with Gasteiger partial charge in [-0.3, -0.25) is 9.59 Å². The number of carbonyl (C=O) groups is 2. The Morgan fingerprint density at radius 3 is 2.62 bits per heavy atom. The summed E-state index contributed by atoms with van der Waals surface area (Å²) in [6.45, 7) is 0. The van der Waals surface area contributed by atoms with Crippen LogP contribution in [0.3, 0.4) is 0 Å². The fourth-order valence-electron chi connectivity index (χ4n) is 2.76. The number of rotatable bonds is 3. The maximum Gasteiger partial charge on any atom is 0.308 e. The van der Waals surface area contributed by atoms with Gasteiger partial charge in [0.25, 0.3) is 5.91 Å². The van der Waals surface area contributed by atoms with E-state index in [9.17, 15) is 14.7 Å². The summed E-state index contributed by atoms with van der Waals surface area (Å²) in [6.07, 6.45) is 4.14. The third kappa shape index (κ3) is 3.97. The van der Waals surface area contributed by atoms with Crippen molar-refractivity contribution in [3.8, 4) is 0 Å². The molecule has 1 aromatic carbocycles. The van der Waals surface area contributed by atoms with Crippen molar-refractivity contribution in [3.05, 3.63) is 28.2 Å². The Morgan fingerprint density at radius 1 is 1.24 bits per heavy atom. The van der Waals surface area contributed by atoms with E-state index in [0.29, 0.717) is 24.1 Å². The number of benzene rings is 1. The number of carboxylic acids is 1. The van der Waals surface area contributed by atoms with E-state index in [4.69, 9.17) is 5.73 Å². The molecule has 2 rings (SSSR count). The Labute approximate surface area is 132 Å². The van der Waals surface area contributed by atoms with Crippen LogP contribution < -0.4 is 11.1 Å². The quantitative estimate of drug-likeness (QED) is 0.574. The molecule has 2 unspecified atom stereocenters. The molecule has 2 atom stereocenters. The maximum atomic E-state index is 12.3. The lowest BCUT2D eigenvalue weighted by Gasteiger charge is -2.23. The van der Waals surface area contributed by atoms with Gasteiger partial charge in [0.1, 0.15) is 0 Å². The molecule has 0 aliphatic heterocycles. The summed E-state index contributed by atoms with van der Waals surface area (Å²) in [6, 6.07) is 4.71. The predicted octanol–water partition coefficient (Wildman–Crippen LogP) is 2.79. The summed E-state index contributed by atoms with van der Waals surface area (Å²) in [5.41, 5.74) is 6.60. The van der Waals surface area contributed by atoms with Crippen molar-refractivity contribution >= 4 is 33.5 Å². The second-order valence-electron chi connectivity index (χ2n) is 5.39. The highest BCUT2D eigenvalue weighted by Crippen LogP contribution is 2.25. The Morgan fingerprint density at radius 2 is 1.95 bits per heavy atom. The lowest BCUT2D eigenvalue weighted by atomic mass is 9.94. The molecule has 0 saturated heterocycles. The van der Waals surface area contributed by atoms with Gasteiger partial charge in [-0.05, 0) is 31.0 Å². The van der Waals surface area contributed by atoms with Crippen molar-refractivity contribution in [2.24, 2.45) is 5.92 Å². The number of halogens is 1. The Bertz CT molecular complexity index is 548. The highest BCUT2D eigenvalue weighted by atomic mass is 79.9. The van der Waals surface area contributed by atoms with Gasteiger partial charge in [0, 0.05) is 16.2 Å². The number of nitrogens with two attached hydrogens (primary N) is 1. The van der Waals surface area contributed by atoms with Crippen molar-refractivity contribution < 1.29 is 14.7 Å². The van der Waals surface area contributed by atoms with Gasteiger partial charge < -0.3 is 16.2 Å². The van der Waals surface area contributed by atoms with Gasteiger partial charge in [-0.2, -0.15) is 0 Å². The molecule has 21 heavy (non-hydrogen) atoms. The number of amides is 1. The number of nitrogens with one attached hydrogen (secondary N) is 1. The Balaban J connectivity index is 2.14. The molecule has 1 saturated carbocycles. The maximum absolute atomic E-state index is 12.3. The highest BCUT2D eigenvalue weighted by molar-refractivity contribution is 9.10. The van der Waals surface area contributed by atoms with E-state index in [1.54, 1.807) is 18.2 Å². The van der Waals surface area contributed by atoms with Crippen LogP contribution in [0, 0.1) is 5.92 Å². The first kappa shape index (κ1) is 15.8. The van der Waals surface area contributed by atoms with Crippen molar-refractivity contribution in [2.75, 3.05) is 5.73 Å². The van der Waals surface area contributed by atoms with E-state index >= 15 is 0 Å². The van der Waals surface area contributed by atoms with Crippen LogP contribution in [-0.2, 0) is 4.79 Å². The fraction of sp³-hybridized carbons (Fsp3) is 0.467. The first-order valence-electron chi connectivity index (χ1n) is 7.07. The van der Waals surface area contributed by atoms with E-state index < -0.39 is 11.9 Å². The molecule has 4 N–H and O–H groups in total. The first-order valence-corrected chi connectivity index (χ1v) is 7.87. The zero-order valence-electron chi connectivity index (χ0n) is 11.6. The van der Waals surface area contributed by atoms with E-state index in [-0.39, 0.29) is 11.9 Å². The average Bonchev–Trinajstić information content (AvgIpc) is 2.63. The molecule has 114 valence electrons. The molecule has 1 aromatic rings. The van der Waals surface area contributed by atoms with Crippen LogP contribution >= 0.6 is 15.9 Å². The van der Waals surface area contributed by atoms with Crippen LogP contribution in [0.4, 0.5) is 5.69 Å². The summed E-state index contributed by atoms with van der Waals surface area (Å²) >= 11 is 3.29. The van der Waals surface area contributed by atoms with Crippen LogP contribution in [0.15, 0.2) is 22.7 Å². The lowest BCUT2D eigenvalue weighted by Crippen LogP contribution is -2.43. The largest absolute Gasteiger partial charge is 0.481 e. The van der Waals surface area contributed by atoms with E-state index in [2.05, 4.69) is 21.2 Å². The van der Waals surface area contributed by atoms with Gasteiger partial charge in [-0.25, -0.2) is 0 Å². The Hall–Kier alpha value is -1.56. The summed E-state index contributed by atoms with van der Waals surface area (Å²) in [4.78, 5) is 23.7. The van der Waals surface area contributed by atoms with Crippen molar-refractivity contribution in [2.45, 2.75) is 38.1 Å². The third-order valence-electron chi connectivity index (χ3n) is 3.91. The van der Waals surface area contributed by atoms with Crippen molar-refractivity contribution in [3.63, 3.8) is 0 Å². The van der Waals surface area contributed by atoms with Crippen LogP contribution in [-0.4, -0.2) is 23.0 Å². The minimum atomic E-state index is -0.842. The van der Waals surface area contributed by atoms with Crippen molar-refractivity contribution in [1.29, 1.82) is 0 Å². The number of anilines is 1. The summed E-state index contributed by atoms with van der Waals surface area (Å²) < 4.78 is 0.800. The third-order valence-corrected chi connectivity index (χ3v) is 4.40. The number of nitrogen functional groups attached to an aromatic ring is 1. The minimum Gasteiger partial charge on any atom is -0.481 e. The molecule has 0 radical (unpaired) electrons. The summed E-state index contributed by atoms with van der Waals surface area (Å²) in [5.74, 6) is -1.67. The molecule has 0 heterocycles. The number of hydrogen-bond donors (Lipinski definition) is 3. The first-order chi connectivity index (χ1) is 9.99.